The highest BCUT2D eigenvalue weighted by atomic mass is 16.7. The number of hydrogen-bond donors (Lipinski definition) is 2. The fourth-order valence-corrected chi connectivity index (χ4v) is 3.10. The molecule has 0 aromatic heterocycles. The van der Waals surface area contributed by atoms with Crippen LogP contribution in [0, 0.1) is 0 Å². The summed E-state index contributed by atoms with van der Waals surface area (Å²) >= 11 is 0. The van der Waals surface area contributed by atoms with Gasteiger partial charge in [0.1, 0.15) is 12.4 Å². The summed E-state index contributed by atoms with van der Waals surface area (Å²) in [5.41, 5.74) is 1.05. The molecule has 7 nitrogen and oxygen atoms in total. The van der Waals surface area contributed by atoms with Crippen LogP contribution in [0.15, 0.2) is 54.6 Å². The Labute approximate surface area is 171 Å². The van der Waals surface area contributed by atoms with Gasteiger partial charge in [0.2, 0.25) is 5.78 Å². The van der Waals surface area contributed by atoms with Crippen molar-refractivity contribution in [1.29, 1.82) is 0 Å². The Bertz CT molecular complexity index is 725. The monoisotopic (exact) mass is 403 g/mol. The van der Waals surface area contributed by atoms with E-state index in [-0.39, 0.29) is 19.0 Å². The Morgan fingerprint density at radius 1 is 0.897 bits per heavy atom. The van der Waals surface area contributed by atoms with Crippen molar-refractivity contribution < 1.29 is 29.2 Å². The van der Waals surface area contributed by atoms with Crippen LogP contribution in [0.2, 0.25) is 0 Å². The summed E-state index contributed by atoms with van der Waals surface area (Å²) in [6.07, 6.45) is 0. The summed E-state index contributed by atoms with van der Waals surface area (Å²) < 4.78 is 16.7. The van der Waals surface area contributed by atoms with Crippen LogP contribution < -0.4 is 4.74 Å². The highest BCUT2D eigenvalue weighted by molar-refractivity contribution is 6.02. The molecule has 0 radical (unpaired) electrons. The van der Waals surface area contributed by atoms with Crippen molar-refractivity contribution in [3.8, 4) is 5.75 Å². The summed E-state index contributed by atoms with van der Waals surface area (Å²) in [5.74, 6) is -1.20. The van der Waals surface area contributed by atoms with E-state index in [1.54, 1.807) is 36.4 Å². The van der Waals surface area contributed by atoms with E-state index in [0.717, 1.165) is 0 Å². The fourth-order valence-electron chi connectivity index (χ4n) is 3.10. The van der Waals surface area contributed by atoms with Crippen molar-refractivity contribution in [1.82, 2.24) is 4.90 Å². The Morgan fingerprint density at radius 3 is 2.00 bits per heavy atom. The number of benzene rings is 2. The van der Waals surface area contributed by atoms with Gasteiger partial charge in [0.05, 0.1) is 13.2 Å². The van der Waals surface area contributed by atoms with Gasteiger partial charge in [-0.1, -0.05) is 30.3 Å². The van der Waals surface area contributed by atoms with Crippen LogP contribution >= 0.6 is 0 Å². The van der Waals surface area contributed by atoms with E-state index in [1.165, 1.54) is 14.2 Å². The first-order valence-electron chi connectivity index (χ1n) is 9.48. The largest absolute Gasteiger partial charge is 0.492 e. The Morgan fingerprint density at radius 2 is 1.48 bits per heavy atom. The van der Waals surface area contributed by atoms with E-state index in [4.69, 9.17) is 24.4 Å². The average Bonchev–Trinajstić information content (AvgIpc) is 2.76. The van der Waals surface area contributed by atoms with E-state index < -0.39 is 5.79 Å². The molecular weight excluding hydrogens is 374 g/mol. The molecule has 0 amide bonds. The number of ketones is 1. The molecule has 2 N–H and O–H groups in total. The molecule has 0 saturated carbocycles. The molecule has 0 aliphatic heterocycles. The average molecular weight is 403 g/mol. The smallest absolute Gasteiger partial charge is 0.260 e. The first-order chi connectivity index (χ1) is 14.1. The van der Waals surface area contributed by atoms with Crippen LogP contribution in [-0.4, -0.2) is 74.6 Å². The van der Waals surface area contributed by atoms with Crippen LogP contribution in [0.5, 0.6) is 5.75 Å². The lowest BCUT2D eigenvalue weighted by molar-refractivity contribution is -0.176. The second-order valence-electron chi connectivity index (χ2n) is 6.38. The van der Waals surface area contributed by atoms with E-state index in [2.05, 4.69) is 0 Å². The maximum Gasteiger partial charge on any atom is 0.260 e. The van der Waals surface area contributed by atoms with Crippen molar-refractivity contribution in [3.63, 3.8) is 0 Å². The molecule has 0 atom stereocenters. The standard InChI is InChI=1S/C22H29NO6/c1-27-22(28-2,19-6-4-3-5-7-19)21(26)18-8-10-20(11-9-18)29-17-14-23(12-15-24)13-16-25/h3-11,24-25H,12-17H2,1-2H3. The number of methoxy groups -OCH3 is 2. The summed E-state index contributed by atoms with van der Waals surface area (Å²) in [4.78, 5) is 15.0. The Balaban J connectivity index is 2.05. The summed E-state index contributed by atoms with van der Waals surface area (Å²) in [7, 11) is 2.88. The van der Waals surface area contributed by atoms with Crippen LogP contribution in [0.4, 0.5) is 0 Å². The Hall–Kier alpha value is -2.29. The van der Waals surface area contributed by atoms with Gasteiger partial charge in [-0.05, 0) is 24.3 Å². The number of ether oxygens (including phenoxy) is 3. The molecule has 0 bridgehead atoms. The lowest BCUT2D eigenvalue weighted by atomic mass is 9.96. The van der Waals surface area contributed by atoms with Gasteiger partial charge in [-0.25, -0.2) is 0 Å². The molecule has 29 heavy (non-hydrogen) atoms. The number of carbonyl (C=O) groups is 1. The van der Waals surface area contributed by atoms with Gasteiger partial charge in [-0.15, -0.1) is 0 Å². The molecule has 0 aliphatic carbocycles. The highest BCUT2D eigenvalue weighted by Gasteiger charge is 2.41. The van der Waals surface area contributed by atoms with Crippen LogP contribution in [0.25, 0.3) is 0 Å². The van der Waals surface area contributed by atoms with Gasteiger partial charge in [0, 0.05) is 45.0 Å². The van der Waals surface area contributed by atoms with E-state index in [9.17, 15) is 4.79 Å². The first-order valence-corrected chi connectivity index (χ1v) is 9.48. The van der Waals surface area contributed by atoms with Crippen LogP contribution in [-0.2, 0) is 15.3 Å². The van der Waals surface area contributed by atoms with Crippen molar-refractivity contribution in [3.05, 3.63) is 65.7 Å². The summed E-state index contributed by atoms with van der Waals surface area (Å²) in [6, 6.07) is 15.9. The molecular formula is C22H29NO6. The van der Waals surface area contributed by atoms with Crippen LogP contribution in [0.3, 0.4) is 0 Å². The predicted molar refractivity (Wildman–Crippen MR) is 109 cm³/mol. The maximum atomic E-state index is 13.1. The third-order valence-corrected chi connectivity index (χ3v) is 4.65. The van der Waals surface area contributed by atoms with Gasteiger partial charge in [0.25, 0.3) is 5.79 Å². The lowest BCUT2D eigenvalue weighted by Gasteiger charge is -2.29. The molecule has 2 rings (SSSR count). The molecule has 158 valence electrons. The third kappa shape index (κ3) is 5.85. The van der Waals surface area contributed by atoms with E-state index >= 15 is 0 Å². The number of carbonyl (C=O) groups excluding carboxylic acids is 1. The minimum Gasteiger partial charge on any atom is -0.492 e. The van der Waals surface area contributed by atoms with Crippen molar-refractivity contribution in [2.45, 2.75) is 5.79 Å². The SMILES string of the molecule is COC(OC)(C(=O)c1ccc(OCCN(CCO)CCO)cc1)c1ccccc1. The van der Waals surface area contributed by atoms with Gasteiger partial charge < -0.3 is 24.4 Å². The molecule has 0 fully saturated rings. The minimum atomic E-state index is -1.52. The fraction of sp³-hybridized carbons (Fsp3) is 0.409. The van der Waals surface area contributed by atoms with Gasteiger partial charge >= 0.3 is 0 Å². The maximum absolute atomic E-state index is 13.1. The number of rotatable bonds is 13. The Kier molecular flexibility index (Phi) is 9.24. The minimum absolute atomic E-state index is 0.0268. The number of aliphatic hydroxyl groups excluding tert-OH is 2. The number of nitrogens with zero attached hydrogens (tertiary/aromatic N) is 1. The molecule has 0 aliphatic rings. The quantitative estimate of drug-likeness (QED) is 0.389. The second-order valence-corrected chi connectivity index (χ2v) is 6.38. The van der Waals surface area contributed by atoms with Gasteiger partial charge in [0.15, 0.2) is 0 Å². The molecule has 0 unspecified atom stereocenters. The summed E-state index contributed by atoms with van der Waals surface area (Å²) in [5, 5.41) is 18.1. The zero-order valence-corrected chi connectivity index (χ0v) is 16.9. The summed E-state index contributed by atoms with van der Waals surface area (Å²) in [6.45, 7) is 1.99. The number of Topliss-reactive ketones (excluding diaryl/α,β-unsaturated/α-hetero) is 1. The molecule has 2 aromatic rings. The highest BCUT2D eigenvalue weighted by Crippen LogP contribution is 2.30. The molecule has 0 spiro atoms. The predicted octanol–water partition coefficient (Wildman–Crippen LogP) is 1.68. The van der Waals surface area contributed by atoms with Crippen LogP contribution in [0.1, 0.15) is 15.9 Å². The van der Waals surface area contributed by atoms with E-state index in [0.29, 0.717) is 43.1 Å². The van der Waals surface area contributed by atoms with Gasteiger partial charge in [-0.2, -0.15) is 0 Å². The zero-order valence-electron chi connectivity index (χ0n) is 16.9. The van der Waals surface area contributed by atoms with Gasteiger partial charge in [-0.3, -0.25) is 9.69 Å². The normalized spacial score (nSPS) is 11.6. The lowest BCUT2D eigenvalue weighted by Crippen LogP contribution is -2.40. The first kappa shape index (κ1) is 23.0. The number of aliphatic hydroxyl groups is 2. The second kappa shape index (κ2) is 11.6. The van der Waals surface area contributed by atoms with Crippen molar-refractivity contribution >= 4 is 5.78 Å². The molecule has 2 aromatic carbocycles. The topological polar surface area (TPSA) is 88.5 Å². The molecule has 0 heterocycles. The zero-order chi connectivity index (χ0) is 21.1. The van der Waals surface area contributed by atoms with E-state index in [1.807, 2.05) is 23.1 Å². The van der Waals surface area contributed by atoms with Crippen molar-refractivity contribution in [2.75, 3.05) is 53.7 Å². The van der Waals surface area contributed by atoms with Crippen molar-refractivity contribution in [2.24, 2.45) is 0 Å². The molecule has 7 heteroatoms. The molecule has 0 saturated heterocycles. The number of hydrogen-bond acceptors (Lipinski definition) is 7. The third-order valence-electron chi connectivity index (χ3n) is 4.65.